The summed E-state index contributed by atoms with van der Waals surface area (Å²) in [5.74, 6) is 0.177. The Kier molecular flexibility index (Phi) is 11.3. The van der Waals surface area contributed by atoms with Crippen LogP contribution in [0.3, 0.4) is 0 Å². The van der Waals surface area contributed by atoms with Gasteiger partial charge in [-0.25, -0.2) is 0 Å². The van der Waals surface area contributed by atoms with Crippen LogP contribution in [0.4, 0.5) is 0 Å². The van der Waals surface area contributed by atoms with Gasteiger partial charge in [0.25, 0.3) is 0 Å². The summed E-state index contributed by atoms with van der Waals surface area (Å²) in [4.78, 5) is 21.4. The lowest BCUT2D eigenvalue weighted by Gasteiger charge is -2.32. The second kappa shape index (κ2) is 15.7. The monoisotopic (exact) mass is 611 g/mol. The maximum Gasteiger partial charge on any atom is 0.187 e. The van der Waals surface area contributed by atoms with E-state index < -0.39 is 0 Å². The van der Waals surface area contributed by atoms with E-state index in [9.17, 15) is 4.79 Å². The Balaban J connectivity index is 1.56. The first-order valence-corrected chi connectivity index (χ1v) is 16.9. The van der Waals surface area contributed by atoms with Crippen LogP contribution >= 0.6 is 0 Å². The van der Waals surface area contributed by atoms with Crippen LogP contribution in [0.1, 0.15) is 38.8 Å². The highest BCUT2D eigenvalue weighted by molar-refractivity contribution is 6.10. The number of benzene rings is 2. The van der Waals surface area contributed by atoms with Crippen molar-refractivity contribution in [2.75, 3.05) is 46.3 Å². The van der Waals surface area contributed by atoms with Crippen molar-refractivity contribution in [1.82, 2.24) is 14.7 Å². The summed E-state index contributed by atoms with van der Waals surface area (Å²) < 4.78 is 0. The molecule has 2 unspecified atom stereocenters. The molecule has 2 aliphatic carbocycles. The number of likely N-dealkylation sites (N-methyl/N-ethyl adjacent to an activating group) is 1. The molecule has 4 heteroatoms. The summed E-state index contributed by atoms with van der Waals surface area (Å²) in [5.41, 5.74) is 9.07. The van der Waals surface area contributed by atoms with Gasteiger partial charge in [-0.15, -0.1) is 0 Å². The fourth-order valence-corrected chi connectivity index (χ4v) is 6.89. The van der Waals surface area contributed by atoms with Crippen molar-refractivity contribution in [3.63, 3.8) is 0 Å². The van der Waals surface area contributed by atoms with Crippen LogP contribution in [0.5, 0.6) is 0 Å². The smallest absolute Gasteiger partial charge is 0.187 e. The molecule has 0 N–H and O–H groups in total. The Morgan fingerprint density at radius 2 is 1.04 bits per heavy atom. The molecule has 1 heterocycles. The first kappa shape index (κ1) is 33.0. The first-order chi connectivity index (χ1) is 22.5. The number of piperidine rings is 1. The zero-order valence-corrected chi connectivity index (χ0v) is 28.2. The van der Waals surface area contributed by atoms with Gasteiger partial charge < -0.3 is 9.80 Å². The summed E-state index contributed by atoms with van der Waals surface area (Å²) in [6.45, 7) is 13.8. The van der Waals surface area contributed by atoms with E-state index in [0.29, 0.717) is 13.1 Å². The Morgan fingerprint density at radius 1 is 0.652 bits per heavy atom. The van der Waals surface area contributed by atoms with Crippen molar-refractivity contribution in [2.45, 2.75) is 27.7 Å². The summed E-state index contributed by atoms with van der Waals surface area (Å²) in [7, 11) is 2.12. The molecular formula is C42H49N3O. The van der Waals surface area contributed by atoms with Gasteiger partial charge in [0.15, 0.2) is 5.78 Å². The van der Waals surface area contributed by atoms with E-state index in [1.807, 2.05) is 0 Å². The van der Waals surface area contributed by atoms with Crippen molar-refractivity contribution in [1.29, 1.82) is 0 Å². The summed E-state index contributed by atoms with van der Waals surface area (Å²) in [6, 6.07) is 21.3. The average molecular weight is 612 g/mol. The molecule has 5 rings (SSSR count). The second-order valence-corrected chi connectivity index (χ2v) is 12.1. The van der Waals surface area contributed by atoms with Crippen LogP contribution in [0, 0.1) is 11.8 Å². The third-order valence-corrected chi connectivity index (χ3v) is 9.15. The molecule has 1 saturated heterocycles. The third-order valence-electron chi connectivity index (χ3n) is 9.15. The molecule has 2 aromatic carbocycles. The van der Waals surface area contributed by atoms with Gasteiger partial charge in [0, 0.05) is 73.6 Å². The number of Topliss-reactive ketones (excluding diaryl/α,β-unsaturated/α-hetero) is 1. The topological polar surface area (TPSA) is 26.8 Å². The molecule has 238 valence electrons. The zero-order valence-electron chi connectivity index (χ0n) is 28.2. The number of carbonyl (C=O) groups excluding carboxylic acids is 1. The number of ketones is 1. The van der Waals surface area contributed by atoms with E-state index in [1.54, 1.807) is 0 Å². The lowest BCUT2D eigenvalue weighted by Crippen LogP contribution is -2.35. The number of allylic oxidation sites excluding steroid dienone is 12. The number of likely N-dealkylation sites (tertiary alicyclic amines) is 1. The van der Waals surface area contributed by atoms with E-state index in [-0.39, 0.29) is 17.6 Å². The van der Waals surface area contributed by atoms with Crippen molar-refractivity contribution >= 4 is 17.2 Å². The minimum absolute atomic E-state index is 0.00724. The standard InChI is InChI=1S/C42H49N3O/c1-6-44(7-2)40(32-20-12-10-13-21-32)38-26-18-16-24-34(38)28-36-30-43(5)31-37(42(36)46)29-35-25-17-19-27-39(35)41(45(8-3)9-4)33-22-14-11-15-23-33/h10-29,34-35H,6-9,30-31H2,1-5H3. The van der Waals surface area contributed by atoms with Crippen LogP contribution in [-0.2, 0) is 4.79 Å². The van der Waals surface area contributed by atoms with Crippen LogP contribution in [-0.4, -0.2) is 66.8 Å². The number of nitrogens with zero attached hydrogens (tertiary/aromatic N) is 3. The maximum atomic E-state index is 14.3. The quantitative estimate of drug-likeness (QED) is 0.252. The van der Waals surface area contributed by atoms with E-state index >= 15 is 0 Å². The van der Waals surface area contributed by atoms with Gasteiger partial charge in [0.2, 0.25) is 0 Å². The molecule has 1 fully saturated rings. The van der Waals surface area contributed by atoms with Gasteiger partial charge in [0.1, 0.15) is 0 Å². The molecule has 2 atom stereocenters. The predicted molar refractivity (Wildman–Crippen MR) is 195 cm³/mol. The number of hydrogen-bond donors (Lipinski definition) is 0. The summed E-state index contributed by atoms with van der Waals surface area (Å²) in [6.07, 6.45) is 21.8. The molecule has 0 amide bonds. The van der Waals surface area contributed by atoms with Gasteiger partial charge >= 0.3 is 0 Å². The van der Waals surface area contributed by atoms with Gasteiger partial charge in [-0.1, -0.05) is 121 Å². The van der Waals surface area contributed by atoms with E-state index in [1.165, 1.54) is 33.7 Å². The van der Waals surface area contributed by atoms with Gasteiger partial charge in [-0.05, 0) is 57.0 Å². The highest BCUT2D eigenvalue weighted by Gasteiger charge is 2.28. The van der Waals surface area contributed by atoms with Gasteiger partial charge in [-0.2, -0.15) is 0 Å². The highest BCUT2D eigenvalue weighted by atomic mass is 16.1. The number of hydrogen-bond acceptors (Lipinski definition) is 4. The predicted octanol–water partition coefficient (Wildman–Crippen LogP) is 8.34. The third kappa shape index (κ3) is 7.35. The fraction of sp³-hybridized carbons (Fsp3) is 0.310. The highest BCUT2D eigenvalue weighted by Crippen LogP contribution is 2.35. The molecule has 0 saturated carbocycles. The molecule has 0 bridgehead atoms. The molecule has 0 aromatic heterocycles. The normalized spacial score (nSPS) is 23.7. The van der Waals surface area contributed by atoms with E-state index in [4.69, 9.17) is 0 Å². The molecular weight excluding hydrogens is 562 g/mol. The largest absolute Gasteiger partial charge is 0.371 e. The second-order valence-electron chi connectivity index (χ2n) is 12.1. The molecule has 2 aromatic rings. The minimum atomic E-state index is 0.00724. The first-order valence-electron chi connectivity index (χ1n) is 16.9. The Bertz CT molecular complexity index is 1490. The average Bonchev–Trinajstić information content (AvgIpc) is 3.09. The van der Waals surface area contributed by atoms with Crippen LogP contribution < -0.4 is 0 Å². The Labute approximate surface area is 276 Å². The molecule has 0 spiro atoms. The Hall–Kier alpha value is -4.41. The van der Waals surface area contributed by atoms with E-state index in [2.05, 4.69) is 171 Å². The maximum absolute atomic E-state index is 14.3. The van der Waals surface area contributed by atoms with Crippen LogP contribution in [0.25, 0.3) is 11.4 Å². The van der Waals surface area contributed by atoms with Crippen molar-refractivity contribution in [3.05, 3.63) is 155 Å². The zero-order chi connectivity index (χ0) is 32.5. The number of rotatable bonds is 10. The summed E-state index contributed by atoms with van der Waals surface area (Å²) in [5, 5.41) is 0. The van der Waals surface area contributed by atoms with Gasteiger partial charge in [0.05, 0.1) is 0 Å². The fourth-order valence-electron chi connectivity index (χ4n) is 6.89. The van der Waals surface area contributed by atoms with Crippen molar-refractivity contribution < 1.29 is 4.79 Å². The lowest BCUT2D eigenvalue weighted by molar-refractivity contribution is -0.113. The minimum Gasteiger partial charge on any atom is -0.371 e. The van der Waals surface area contributed by atoms with Crippen molar-refractivity contribution in [3.8, 4) is 0 Å². The number of carbonyl (C=O) groups is 1. The molecule has 46 heavy (non-hydrogen) atoms. The van der Waals surface area contributed by atoms with Gasteiger partial charge in [-0.3, -0.25) is 9.69 Å². The van der Waals surface area contributed by atoms with Crippen LogP contribution in [0.2, 0.25) is 0 Å². The molecule has 1 aliphatic heterocycles. The Morgan fingerprint density at radius 3 is 1.41 bits per heavy atom. The SMILES string of the molecule is CCN(CC)C(=C1C=CC=CC1C=C1CN(C)CC(=CC2C=CC=CC2=C(c2ccccc2)N(CC)CC)C1=O)c1ccccc1. The molecule has 3 aliphatic rings. The lowest BCUT2D eigenvalue weighted by atomic mass is 9.84. The molecule has 4 nitrogen and oxygen atoms in total. The van der Waals surface area contributed by atoms with E-state index in [0.717, 1.165) is 37.3 Å². The van der Waals surface area contributed by atoms with Crippen LogP contribution in [0.15, 0.2) is 144 Å². The molecule has 0 radical (unpaired) electrons. The van der Waals surface area contributed by atoms with Crippen molar-refractivity contribution in [2.24, 2.45) is 11.8 Å². The summed E-state index contributed by atoms with van der Waals surface area (Å²) >= 11 is 0.